The molecule has 0 bridgehead atoms. The van der Waals surface area contributed by atoms with E-state index in [2.05, 4.69) is 67.8 Å². The maximum absolute atomic E-state index is 5.15. The van der Waals surface area contributed by atoms with E-state index in [1.165, 1.54) is 20.9 Å². The quantitative estimate of drug-likeness (QED) is 0.555. The predicted molar refractivity (Wildman–Crippen MR) is 107 cm³/mol. The molecule has 0 spiro atoms. The molecule has 0 radical (unpaired) electrons. The summed E-state index contributed by atoms with van der Waals surface area (Å²) in [5.41, 5.74) is 2.37. The summed E-state index contributed by atoms with van der Waals surface area (Å²) in [4.78, 5) is 7.48. The minimum Gasteiger partial charge on any atom is -0.380 e. The fourth-order valence-electron chi connectivity index (χ4n) is 2.58. The zero-order valence-electron chi connectivity index (χ0n) is 15.6. The number of methoxy groups -OCH3 is 1. The Morgan fingerprint density at radius 1 is 1.16 bits per heavy atom. The van der Waals surface area contributed by atoms with Crippen LogP contribution in [0.5, 0.6) is 0 Å². The number of guanidine groups is 1. The molecule has 0 saturated heterocycles. The fourth-order valence-corrected chi connectivity index (χ4v) is 3.60. The van der Waals surface area contributed by atoms with Crippen molar-refractivity contribution in [3.8, 4) is 0 Å². The highest BCUT2D eigenvalue weighted by Gasteiger charge is 2.07. The average molecular weight is 360 g/mol. The van der Waals surface area contributed by atoms with Crippen LogP contribution >= 0.6 is 11.3 Å². The minimum atomic E-state index is 0.333. The lowest BCUT2D eigenvalue weighted by Crippen LogP contribution is -2.43. The third kappa shape index (κ3) is 6.88. The number of rotatable bonds is 8. The van der Waals surface area contributed by atoms with Crippen LogP contribution in [0.25, 0.3) is 0 Å². The molecular formula is C20H29N3OS. The first-order valence-corrected chi connectivity index (χ1v) is 9.59. The molecule has 1 aromatic carbocycles. The second-order valence-electron chi connectivity index (χ2n) is 6.21. The van der Waals surface area contributed by atoms with E-state index in [1.54, 1.807) is 7.11 Å². The number of nitrogens with zero attached hydrogens (tertiary/aromatic N) is 1. The number of aliphatic imine (C=N–C) groups is 1. The monoisotopic (exact) mass is 359 g/mol. The van der Waals surface area contributed by atoms with Crippen LogP contribution in [-0.2, 0) is 24.3 Å². The minimum absolute atomic E-state index is 0.333. The first-order valence-electron chi connectivity index (χ1n) is 8.77. The molecule has 0 saturated carbocycles. The zero-order chi connectivity index (χ0) is 18.1. The topological polar surface area (TPSA) is 45.7 Å². The summed E-state index contributed by atoms with van der Waals surface area (Å²) in [6.45, 7) is 8.59. The van der Waals surface area contributed by atoms with Crippen LogP contribution in [0.4, 0.5) is 0 Å². The Morgan fingerprint density at radius 3 is 2.48 bits per heavy atom. The normalized spacial score (nSPS) is 12.9. The molecule has 0 fully saturated rings. The summed E-state index contributed by atoms with van der Waals surface area (Å²) in [6, 6.07) is 13.1. The number of thiophene rings is 1. The molecule has 4 nitrogen and oxygen atoms in total. The van der Waals surface area contributed by atoms with Gasteiger partial charge in [-0.2, -0.15) is 0 Å². The Balaban J connectivity index is 1.92. The Hall–Kier alpha value is -1.85. The van der Waals surface area contributed by atoms with Gasteiger partial charge < -0.3 is 15.4 Å². The summed E-state index contributed by atoms with van der Waals surface area (Å²) in [7, 11) is 1.71. The van der Waals surface area contributed by atoms with E-state index in [0.717, 1.165) is 18.9 Å². The molecule has 1 heterocycles. The molecule has 0 aliphatic heterocycles. The molecule has 0 amide bonds. The number of aryl methyl sites for hydroxylation is 1. The Bertz CT molecular complexity index is 664. The summed E-state index contributed by atoms with van der Waals surface area (Å²) in [6.07, 6.45) is 1.01. The average Bonchev–Trinajstić information content (AvgIpc) is 2.99. The second kappa shape index (κ2) is 10.2. The van der Waals surface area contributed by atoms with Crippen LogP contribution in [0.2, 0.25) is 0 Å². The van der Waals surface area contributed by atoms with Gasteiger partial charge in [-0.05, 0) is 44.0 Å². The van der Waals surface area contributed by atoms with Gasteiger partial charge in [-0.15, -0.1) is 11.3 Å². The van der Waals surface area contributed by atoms with Gasteiger partial charge in [0.25, 0.3) is 0 Å². The van der Waals surface area contributed by atoms with Crippen molar-refractivity contribution in [2.24, 2.45) is 4.99 Å². The summed E-state index contributed by atoms with van der Waals surface area (Å²) in [5.74, 6) is 0.865. The summed E-state index contributed by atoms with van der Waals surface area (Å²) >= 11 is 1.86. The lowest BCUT2D eigenvalue weighted by Gasteiger charge is -2.17. The van der Waals surface area contributed by atoms with E-state index in [4.69, 9.17) is 9.73 Å². The standard InChI is InChI=1S/C20H29N3OS/c1-5-21-20(23-15(2)12-19-11-6-16(3)25-19)22-13-17-7-9-18(10-8-17)14-24-4/h6-11,15H,5,12-14H2,1-4H3,(H2,21,22,23). The van der Waals surface area contributed by atoms with Gasteiger partial charge in [0.1, 0.15) is 0 Å². The van der Waals surface area contributed by atoms with Gasteiger partial charge in [0.05, 0.1) is 13.2 Å². The highest BCUT2D eigenvalue weighted by atomic mass is 32.1. The summed E-state index contributed by atoms with van der Waals surface area (Å²) in [5, 5.41) is 6.83. The molecule has 1 atom stereocenters. The van der Waals surface area contributed by atoms with Crippen molar-refractivity contribution in [2.45, 2.75) is 46.4 Å². The Labute approximate surface area is 155 Å². The first-order chi connectivity index (χ1) is 12.1. The van der Waals surface area contributed by atoms with E-state index in [0.29, 0.717) is 19.2 Å². The van der Waals surface area contributed by atoms with Crippen molar-refractivity contribution >= 4 is 17.3 Å². The molecule has 136 valence electrons. The Kier molecular flexibility index (Phi) is 7.95. The van der Waals surface area contributed by atoms with Gasteiger partial charge in [-0.25, -0.2) is 4.99 Å². The molecule has 25 heavy (non-hydrogen) atoms. The largest absolute Gasteiger partial charge is 0.380 e. The number of hydrogen-bond acceptors (Lipinski definition) is 3. The van der Waals surface area contributed by atoms with Crippen LogP contribution < -0.4 is 10.6 Å². The van der Waals surface area contributed by atoms with Gasteiger partial charge >= 0.3 is 0 Å². The van der Waals surface area contributed by atoms with Crippen molar-refractivity contribution < 1.29 is 4.74 Å². The molecule has 0 aliphatic rings. The van der Waals surface area contributed by atoms with Crippen molar-refractivity contribution in [1.29, 1.82) is 0 Å². The highest BCUT2D eigenvalue weighted by molar-refractivity contribution is 7.11. The highest BCUT2D eigenvalue weighted by Crippen LogP contribution is 2.16. The lowest BCUT2D eigenvalue weighted by molar-refractivity contribution is 0.185. The molecule has 0 aliphatic carbocycles. The number of benzene rings is 1. The number of hydrogen-bond donors (Lipinski definition) is 2. The third-order valence-corrected chi connectivity index (χ3v) is 4.81. The van der Waals surface area contributed by atoms with E-state index in [9.17, 15) is 0 Å². The van der Waals surface area contributed by atoms with Crippen molar-refractivity contribution in [1.82, 2.24) is 10.6 Å². The molecule has 1 aromatic heterocycles. The maximum Gasteiger partial charge on any atom is 0.191 e. The van der Waals surface area contributed by atoms with E-state index in [1.807, 2.05) is 11.3 Å². The van der Waals surface area contributed by atoms with Crippen LogP contribution in [0.3, 0.4) is 0 Å². The molecule has 2 rings (SSSR count). The Morgan fingerprint density at radius 2 is 1.88 bits per heavy atom. The van der Waals surface area contributed by atoms with E-state index >= 15 is 0 Å². The number of nitrogens with one attached hydrogen (secondary N) is 2. The van der Waals surface area contributed by atoms with E-state index < -0.39 is 0 Å². The van der Waals surface area contributed by atoms with Crippen molar-refractivity contribution in [3.63, 3.8) is 0 Å². The van der Waals surface area contributed by atoms with Gasteiger partial charge in [0.2, 0.25) is 0 Å². The van der Waals surface area contributed by atoms with E-state index in [-0.39, 0.29) is 0 Å². The van der Waals surface area contributed by atoms with Crippen LogP contribution in [0, 0.1) is 6.92 Å². The van der Waals surface area contributed by atoms with Crippen molar-refractivity contribution in [2.75, 3.05) is 13.7 Å². The van der Waals surface area contributed by atoms with Gasteiger partial charge in [-0.1, -0.05) is 24.3 Å². The molecule has 1 unspecified atom stereocenters. The SMILES string of the molecule is CCNC(=NCc1ccc(COC)cc1)NC(C)Cc1ccc(C)s1. The molecule has 2 N–H and O–H groups in total. The zero-order valence-corrected chi connectivity index (χ0v) is 16.5. The van der Waals surface area contributed by atoms with Crippen LogP contribution in [-0.4, -0.2) is 25.7 Å². The van der Waals surface area contributed by atoms with Gasteiger partial charge in [0, 0.05) is 35.9 Å². The number of ether oxygens (including phenoxy) is 1. The third-order valence-electron chi connectivity index (χ3n) is 3.78. The lowest BCUT2D eigenvalue weighted by atomic mass is 10.1. The molecule has 2 aromatic rings. The predicted octanol–water partition coefficient (Wildman–Crippen LogP) is 3.89. The first kappa shape index (κ1) is 19.5. The van der Waals surface area contributed by atoms with Crippen LogP contribution in [0.1, 0.15) is 34.7 Å². The van der Waals surface area contributed by atoms with Crippen molar-refractivity contribution in [3.05, 3.63) is 57.3 Å². The maximum atomic E-state index is 5.15. The van der Waals surface area contributed by atoms with Gasteiger partial charge in [0.15, 0.2) is 5.96 Å². The van der Waals surface area contributed by atoms with Crippen LogP contribution in [0.15, 0.2) is 41.4 Å². The smallest absolute Gasteiger partial charge is 0.191 e. The fraction of sp³-hybridized carbons (Fsp3) is 0.450. The summed E-state index contributed by atoms with van der Waals surface area (Å²) < 4.78 is 5.15. The molecular weight excluding hydrogens is 330 g/mol. The second-order valence-corrected chi connectivity index (χ2v) is 7.58. The molecule has 5 heteroatoms. The van der Waals surface area contributed by atoms with Gasteiger partial charge in [-0.3, -0.25) is 0 Å².